The molecule has 1 aliphatic rings. The molecule has 0 aliphatic carbocycles. The molecular weight excluding hydrogens is 280 g/mol. The van der Waals surface area contributed by atoms with E-state index in [1.54, 1.807) is 13.8 Å². The van der Waals surface area contributed by atoms with E-state index in [4.69, 9.17) is 0 Å². The summed E-state index contributed by atoms with van der Waals surface area (Å²) in [5.41, 5.74) is -0.932. The van der Waals surface area contributed by atoms with Crippen molar-refractivity contribution in [1.82, 2.24) is 10.2 Å². The summed E-state index contributed by atoms with van der Waals surface area (Å²) in [5, 5.41) is 2.75. The molecule has 1 N–H and O–H groups in total. The van der Waals surface area contributed by atoms with Crippen LogP contribution >= 0.6 is 0 Å². The van der Waals surface area contributed by atoms with Crippen LogP contribution in [0.5, 0.6) is 0 Å². The molecular formula is C13H24N2O4S. The fraction of sp³-hybridized carbons (Fsp3) is 0.846. The molecule has 2 amide bonds. The largest absolute Gasteiger partial charge is 0.342 e. The lowest BCUT2D eigenvalue weighted by Gasteiger charge is -2.44. The Morgan fingerprint density at radius 1 is 1.30 bits per heavy atom. The van der Waals surface area contributed by atoms with Gasteiger partial charge in [-0.1, -0.05) is 13.3 Å². The van der Waals surface area contributed by atoms with Crippen LogP contribution in [0.25, 0.3) is 0 Å². The average molecular weight is 304 g/mol. The first kappa shape index (κ1) is 16.9. The number of carbonyl (C=O) groups is 2. The Morgan fingerprint density at radius 2 is 1.90 bits per heavy atom. The molecule has 0 bridgehead atoms. The maximum Gasteiger partial charge on any atom is 0.246 e. The number of nitrogens with one attached hydrogen (secondary N) is 1. The molecule has 116 valence electrons. The number of nitrogens with zero attached hydrogens (tertiary/aromatic N) is 1. The summed E-state index contributed by atoms with van der Waals surface area (Å²) in [6.07, 6.45) is 2.92. The molecule has 7 heteroatoms. The number of rotatable bonds is 6. The quantitative estimate of drug-likeness (QED) is 0.766. The predicted octanol–water partition coefficient (Wildman–Crippen LogP) is 0.327. The smallest absolute Gasteiger partial charge is 0.246 e. The lowest BCUT2D eigenvalue weighted by Crippen LogP contribution is -2.68. The number of hydrogen-bond donors (Lipinski definition) is 1. The molecule has 1 unspecified atom stereocenters. The van der Waals surface area contributed by atoms with Gasteiger partial charge < -0.3 is 10.2 Å². The van der Waals surface area contributed by atoms with Gasteiger partial charge in [-0.15, -0.1) is 0 Å². The van der Waals surface area contributed by atoms with Crippen molar-refractivity contribution in [2.75, 3.05) is 18.6 Å². The molecule has 0 radical (unpaired) electrons. The molecule has 1 saturated heterocycles. The third-order valence-electron chi connectivity index (χ3n) is 3.57. The van der Waals surface area contributed by atoms with Gasteiger partial charge in [-0.2, -0.15) is 0 Å². The number of sulfone groups is 1. The Labute approximate surface area is 120 Å². The van der Waals surface area contributed by atoms with Gasteiger partial charge in [-0.3, -0.25) is 9.59 Å². The number of carbonyl (C=O) groups excluding carboxylic acids is 2. The third kappa shape index (κ3) is 3.94. The van der Waals surface area contributed by atoms with Crippen LogP contribution < -0.4 is 5.32 Å². The van der Waals surface area contributed by atoms with Gasteiger partial charge in [0.15, 0.2) is 0 Å². The summed E-state index contributed by atoms with van der Waals surface area (Å²) in [6, 6.07) is -0.487. The first-order valence-corrected chi connectivity index (χ1v) is 8.96. The minimum absolute atomic E-state index is 0.0208. The van der Waals surface area contributed by atoms with Crippen LogP contribution in [0.15, 0.2) is 0 Å². The topological polar surface area (TPSA) is 83.6 Å². The minimum atomic E-state index is -3.06. The van der Waals surface area contributed by atoms with Gasteiger partial charge in [0.2, 0.25) is 11.8 Å². The van der Waals surface area contributed by atoms with Crippen LogP contribution in [-0.2, 0) is 19.4 Å². The maximum atomic E-state index is 12.4. The maximum absolute atomic E-state index is 12.4. The summed E-state index contributed by atoms with van der Waals surface area (Å²) in [4.78, 5) is 26.0. The van der Waals surface area contributed by atoms with Crippen molar-refractivity contribution in [2.45, 2.75) is 51.6 Å². The van der Waals surface area contributed by atoms with Gasteiger partial charge >= 0.3 is 0 Å². The van der Waals surface area contributed by atoms with E-state index >= 15 is 0 Å². The van der Waals surface area contributed by atoms with Crippen LogP contribution in [0, 0.1) is 0 Å². The van der Waals surface area contributed by atoms with E-state index in [0.717, 1.165) is 6.42 Å². The SMILES string of the molecule is CCCC1NC(=O)C(C)(C)N(CCCS(C)(=O)=O)C1=O. The molecule has 0 aromatic carbocycles. The van der Waals surface area contributed by atoms with Crippen molar-refractivity contribution in [2.24, 2.45) is 0 Å². The van der Waals surface area contributed by atoms with E-state index in [-0.39, 0.29) is 24.1 Å². The van der Waals surface area contributed by atoms with Crippen molar-refractivity contribution in [3.63, 3.8) is 0 Å². The van der Waals surface area contributed by atoms with E-state index in [1.807, 2.05) is 6.92 Å². The molecule has 1 heterocycles. The molecule has 0 spiro atoms. The van der Waals surface area contributed by atoms with Crippen molar-refractivity contribution in [3.8, 4) is 0 Å². The predicted molar refractivity (Wildman–Crippen MR) is 77.0 cm³/mol. The first-order chi connectivity index (χ1) is 9.09. The lowest BCUT2D eigenvalue weighted by atomic mass is 9.94. The fourth-order valence-electron chi connectivity index (χ4n) is 2.34. The first-order valence-electron chi connectivity index (χ1n) is 6.89. The zero-order chi connectivity index (χ0) is 15.6. The highest BCUT2D eigenvalue weighted by molar-refractivity contribution is 7.90. The van der Waals surface area contributed by atoms with Crippen molar-refractivity contribution in [3.05, 3.63) is 0 Å². The second-order valence-electron chi connectivity index (χ2n) is 5.85. The summed E-state index contributed by atoms with van der Waals surface area (Å²) >= 11 is 0. The van der Waals surface area contributed by atoms with Gasteiger partial charge in [0, 0.05) is 12.8 Å². The van der Waals surface area contributed by atoms with Crippen LogP contribution in [-0.4, -0.2) is 55.3 Å². The van der Waals surface area contributed by atoms with Gasteiger partial charge in [0.05, 0.1) is 5.75 Å². The second kappa shape index (κ2) is 6.11. The lowest BCUT2D eigenvalue weighted by molar-refractivity contribution is -0.155. The second-order valence-corrected chi connectivity index (χ2v) is 8.11. The zero-order valence-corrected chi connectivity index (χ0v) is 13.4. The van der Waals surface area contributed by atoms with Crippen LogP contribution in [0.4, 0.5) is 0 Å². The van der Waals surface area contributed by atoms with Gasteiger partial charge in [-0.25, -0.2) is 8.42 Å². The Balaban J connectivity index is 2.81. The van der Waals surface area contributed by atoms with E-state index in [0.29, 0.717) is 12.8 Å². The highest BCUT2D eigenvalue weighted by Gasteiger charge is 2.45. The normalized spacial score (nSPS) is 22.8. The minimum Gasteiger partial charge on any atom is -0.342 e. The molecule has 0 saturated carbocycles. The van der Waals surface area contributed by atoms with E-state index in [1.165, 1.54) is 11.2 Å². The summed E-state index contributed by atoms with van der Waals surface area (Å²) in [5.74, 6) is -0.285. The van der Waals surface area contributed by atoms with Crippen molar-refractivity contribution < 1.29 is 18.0 Å². The highest BCUT2D eigenvalue weighted by atomic mass is 32.2. The van der Waals surface area contributed by atoms with Crippen LogP contribution in [0.2, 0.25) is 0 Å². The Hall–Kier alpha value is -1.11. The molecule has 0 aromatic heterocycles. The number of hydrogen-bond acceptors (Lipinski definition) is 4. The Morgan fingerprint density at radius 3 is 2.40 bits per heavy atom. The molecule has 1 fully saturated rings. The molecule has 6 nitrogen and oxygen atoms in total. The van der Waals surface area contributed by atoms with Gasteiger partial charge in [-0.05, 0) is 26.7 Å². The van der Waals surface area contributed by atoms with E-state index in [9.17, 15) is 18.0 Å². The van der Waals surface area contributed by atoms with Gasteiger partial charge in [0.1, 0.15) is 21.4 Å². The molecule has 0 aromatic rings. The standard InChI is InChI=1S/C13H24N2O4S/c1-5-7-10-11(16)15(8-6-9-20(4,18)19)13(2,3)12(17)14-10/h10H,5-9H2,1-4H3,(H,14,17). The van der Waals surface area contributed by atoms with Crippen molar-refractivity contribution in [1.29, 1.82) is 0 Å². The summed E-state index contributed by atoms with van der Waals surface area (Å²) in [6.45, 7) is 5.60. The Bertz CT molecular complexity index is 485. The average Bonchev–Trinajstić information content (AvgIpc) is 2.30. The summed E-state index contributed by atoms with van der Waals surface area (Å²) < 4.78 is 22.3. The molecule has 20 heavy (non-hydrogen) atoms. The molecule has 1 rings (SSSR count). The van der Waals surface area contributed by atoms with Crippen LogP contribution in [0.3, 0.4) is 0 Å². The fourth-order valence-corrected chi connectivity index (χ4v) is 3.00. The Kier molecular flexibility index (Phi) is 5.18. The van der Waals surface area contributed by atoms with Crippen molar-refractivity contribution >= 4 is 21.7 Å². The highest BCUT2D eigenvalue weighted by Crippen LogP contribution is 2.23. The third-order valence-corrected chi connectivity index (χ3v) is 4.60. The molecule has 1 atom stereocenters. The summed E-state index contributed by atoms with van der Waals surface area (Å²) in [7, 11) is -3.06. The van der Waals surface area contributed by atoms with Gasteiger partial charge in [0.25, 0.3) is 0 Å². The zero-order valence-electron chi connectivity index (χ0n) is 12.6. The van der Waals surface area contributed by atoms with E-state index < -0.39 is 21.4 Å². The van der Waals surface area contributed by atoms with E-state index in [2.05, 4.69) is 5.32 Å². The molecule has 1 aliphatic heterocycles. The number of piperazine rings is 1. The van der Waals surface area contributed by atoms with Crippen LogP contribution in [0.1, 0.15) is 40.0 Å². The monoisotopic (exact) mass is 304 g/mol. The number of amides is 2.